The first-order valence-corrected chi connectivity index (χ1v) is 8.45. The lowest BCUT2D eigenvalue weighted by atomic mass is 9.96. The minimum atomic E-state index is 0.242. The SMILES string of the molecule is COc1ccc(CCc2cc3c(cc2CCCCO)OCO3)cc1. The Balaban J connectivity index is 1.72. The fourth-order valence-corrected chi connectivity index (χ4v) is 2.99. The Morgan fingerprint density at radius 2 is 1.58 bits per heavy atom. The van der Waals surface area contributed by atoms with Crippen molar-refractivity contribution in [2.24, 2.45) is 0 Å². The van der Waals surface area contributed by atoms with Crippen LogP contribution in [0.25, 0.3) is 0 Å². The monoisotopic (exact) mass is 328 g/mol. The number of aliphatic hydroxyl groups excluding tert-OH is 1. The van der Waals surface area contributed by atoms with Gasteiger partial charge in [0.2, 0.25) is 6.79 Å². The second-order valence-corrected chi connectivity index (χ2v) is 6.00. The van der Waals surface area contributed by atoms with Gasteiger partial charge in [-0.25, -0.2) is 0 Å². The molecule has 4 heteroatoms. The fourth-order valence-electron chi connectivity index (χ4n) is 2.99. The molecule has 0 aliphatic carbocycles. The molecule has 0 saturated carbocycles. The second-order valence-electron chi connectivity index (χ2n) is 6.00. The Morgan fingerprint density at radius 3 is 2.21 bits per heavy atom. The van der Waals surface area contributed by atoms with E-state index in [0.29, 0.717) is 6.79 Å². The molecule has 0 bridgehead atoms. The Labute approximate surface area is 143 Å². The summed E-state index contributed by atoms with van der Waals surface area (Å²) in [5.74, 6) is 2.55. The van der Waals surface area contributed by atoms with Crippen LogP contribution in [-0.2, 0) is 19.3 Å². The van der Waals surface area contributed by atoms with E-state index in [0.717, 1.165) is 49.4 Å². The molecule has 2 aromatic carbocycles. The predicted molar refractivity (Wildman–Crippen MR) is 93.0 cm³/mol. The lowest BCUT2D eigenvalue weighted by molar-refractivity contribution is 0.174. The van der Waals surface area contributed by atoms with Gasteiger partial charge in [0.15, 0.2) is 11.5 Å². The zero-order chi connectivity index (χ0) is 16.8. The normalized spacial score (nSPS) is 12.4. The van der Waals surface area contributed by atoms with E-state index in [9.17, 15) is 0 Å². The minimum absolute atomic E-state index is 0.242. The number of aryl methyl sites for hydroxylation is 3. The quantitative estimate of drug-likeness (QED) is 0.753. The van der Waals surface area contributed by atoms with Crippen molar-refractivity contribution in [3.05, 3.63) is 53.1 Å². The molecule has 0 aromatic heterocycles. The summed E-state index contributed by atoms with van der Waals surface area (Å²) in [4.78, 5) is 0. The van der Waals surface area contributed by atoms with Crippen LogP contribution in [0.2, 0.25) is 0 Å². The highest BCUT2D eigenvalue weighted by Gasteiger charge is 2.17. The first-order chi connectivity index (χ1) is 11.8. The third-order valence-corrected chi connectivity index (χ3v) is 4.39. The van der Waals surface area contributed by atoms with Crippen LogP contribution in [0.5, 0.6) is 17.2 Å². The van der Waals surface area contributed by atoms with Crippen LogP contribution in [0, 0.1) is 0 Å². The van der Waals surface area contributed by atoms with Crippen molar-refractivity contribution >= 4 is 0 Å². The van der Waals surface area contributed by atoms with Crippen LogP contribution in [0.15, 0.2) is 36.4 Å². The molecule has 0 fully saturated rings. The van der Waals surface area contributed by atoms with Crippen LogP contribution in [0.4, 0.5) is 0 Å². The topological polar surface area (TPSA) is 47.9 Å². The van der Waals surface area contributed by atoms with Crippen molar-refractivity contribution in [3.63, 3.8) is 0 Å². The van der Waals surface area contributed by atoms with Crippen LogP contribution >= 0.6 is 0 Å². The van der Waals surface area contributed by atoms with Gasteiger partial charge < -0.3 is 19.3 Å². The molecule has 4 nitrogen and oxygen atoms in total. The van der Waals surface area contributed by atoms with Crippen molar-refractivity contribution < 1.29 is 19.3 Å². The van der Waals surface area contributed by atoms with E-state index < -0.39 is 0 Å². The number of rotatable bonds is 8. The van der Waals surface area contributed by atoms with Gasteiger partial charge in [-0.1, -0.05) is 12.1 Å². The first kappa shape index (κ1) is 16.7. The highest BCUT2D eigenvalue weighted by Crippen LogP contribution is 2.35. The van der Waals surface area contributed by atoms with Gasteiger partial charge in [-0.2, -0.15) is 0 Å². The van der Waals surface area contributed by atoms with Gasteiger partial charge in [0, 0.05) is 6.61 Å². The van der Waals surface area contributed by atoms with Gasteiger partial charge in [0.1, 0.15) is 5.75 Å². The fraction of sp³-hybridized carbons (Fsp3) is 0.400. The van der Waals surface area contributed by atoms with E-state index in [1.165, 1.54) is 16.7 Å². The average Bonchev–Trinajstić information content (AvgIpc) is 3.07. The van der Waals surface area contributed by atoms with Gasteiger partial charge in [-0.05, 0) is 73.1 Å². The Kier molecular flexibility index (Phi) is 5.59. The van der Waals surface area contributed by atoms with E-state index in [2.05, 4.69) is 24.3 Å². The molecule has 0 atom stereocenters. The third-order valence-electron chi connectivity index (χ3n) is 4.39. The Morgan fingerprint density at radius 1 is 0.917 bits per heavy atom. The summed E-state index contributed by atoms with van der Waals surface area (Å²) in [6.45, 7) is 0.541. The zero-order valence-corrected chi connectivity index (χ0v) is 14.1. The van der Waals surface area contributed by atoms with E-state index in [1.54, 1.807) is 7.11 Å². The molecule has 24 heavy (non-hydrogen) atoms. The maximum atomic E-state index is 9.01. The van der Waals surface area contributed by atoms with E-state index in [-0.39, 0.29) is 6.61 Å². The largest absolute Gasteiger partial charge is 0.497 e. The van der Waals surface area contributed by atoms with Crippen molar-refractivity contribution in [2.45, 2.75) is 32.1 Å². The third kappa shape index (κ3) is 4.01. The lowest BCUT2D eigenvalue weighted by Crippen LogP contribution is -1.99. The molecule has 2 aromatic rings. The summed E-state index contributed by atoms with van der Waals surface area (Å²) in [5.41, 5.74) is 3.88. The number of aliphatic hydroxyl groups is 1. The van der Waals surface area contributed by atoms with E-state index in [4.69, 9.17) is 19.3 Å². The van der Waals surface area contributed by atoms with Gasteiger partial charge in [0.05, 0.1) is 7.11 Å². The molecule has 0 saturated heterocycles. The summed E-state index contributed by atoms with van der Waals surface area (Å²) >= 11 is 0. The molecule has 0 unspecified atom stereocenters. The van der Waals surface area contributed by atoms with Crippen molar-refractivity contribution in [1.29, 1.82) is 0 Å². The van der Waals surface area contributed by atoms with E-state index >= 15 is 0 Å². The predicted octanol–water partition coefficient (Wildman–Crippen LogP) is 3.52. The summed E-state index contributed by atoms with van der Waals surface area (Å²) in [6.07, 6.45) is 4.68. The molecule has 1 aliphatic heterocycles. The molecule has 3 rings (SSSR count). The summed E-state index contributed by atoms with van der Waals surface area (Å²) in [5, 5.41) is 9.01. The molecular weight excluding hydrogens is 304 g/mol. The van der Waals surface area contributed by atoms with Crippen molar-refractivity contribution in [2.75, 3.05) is 20.5 Å². The lowest BCUT2D eigenvalue weighted by Gasteiger charge is -2.11. The smallest absolute Gasteiger partial charge is 0.231 e. The number of hydrogen-bond donors (Lipinski definition) is 1. The molecule has 0 amide bonds. The van der Waals surface area contributed by atoms with Gasteiger partial charge in [-0.15, -0.1) is 0 Å². The van der Waals surface area contributed by atoms with Gasteiger partial charge >= 0.3 is 0 Å². The first-order valence-electron chi connectivity index (χ1n) is 8.45. The maximum absolute atomic E-state index is 9.01. The maximum Gasteiger partial charge on any atom is 0.231 e. The van der Waals surface area contributed by atoms with Gasteiger partial charge in [-0.3, -0.25) is 0 Å². The average molecular weight is 328 g/mol. The summed E-state index contributed by atoms with van der Waals surface area (Å²) in [7, 11) is 1.68. The number of methoxy groups -OCH3 is 1. The summed E-state index contributed by atoms with van der Waals surface area (Å²) in [6, 6.07) is 12.4. The molecule has 128 valence electrons. The molecule has 1 aliphatic rings. The number of ether oxygens (including phenoxy) is 3. The van der Waals surface area contributed by atoms with Crippen molar-refractivity contribution in [3.8, 4) is 17.2 Å². The summed E-state index contributed by atoms with van der Waals surface area (Å²) < 4.78 is 16.2. The standard InChI is InChI=1S/C20H24O4/c1-22-18-9-6-15(7-10-18)5-8-17-13-20-19(23-14-24-20)12-16(17)4-2-3-11-21/h6-7,9-10,12-13,21H,2-5,8,11,14H2,1H3. The van der Waals surface area contributed by atoms with Crippen LogP contribution in [-0.4, -0.2) is 25.6 Å². The molecule has 1 heterocycles. The molecule has 0 spiro atoms. The zero-order valence-electron chi connectivity index (χ0n) is 14.1. The van der Waals surface area contributed by atoms with Crippen molar-refractivity contribution in [1.82, 2.24) is 0 Å². The van der Waals surface area contributed by atoms with Gasteiger partial charge in [0.25, 0.3) is 0 Å². The Bertz CT molecular complexity index is 664. The Hall–Kier alpha value is -2.20. The number of unbranched alkanes of at least 4 members (excludes halogenated alkanes) is 1. The highest BCUT2D eigenvalue weighted by molar-refractivity contribution is 5.49. The number of hydrogen-bond acceptors (Lipinski definition) is 4. The number of benzene rings is 2. The molecule has 0 radical (unpaired) electrons. The minimum Gasteiger partial charge on any atom is -0.497 e. The van der Waals surface area contributed by atoms with Crippen LogP contribution < -0.4 is 14.2 Å². The highest BCUT2D eigenvalue weighted by atomic mass is 16.7. The molecule has 1 N–H and O–H groups in total. The number of fused-ring (bicyclic) bond motifs is 1. The van der Waals surface area contributed by atoms with E-state index in [1.807, 2.05) is 12.1 Å². The van der Waals surface area contributed by atoms with Crippen LogP contribution in [0.1, 0.15) is 29.5 Å². The second kappa shape index (κ2) is 8.06. The molecular formula is C20H24O4. The van der Waals surface area contributed by atoms with Crippen LogP contribution in [0.3, 0.4) is 0 Å².